The van der Waals surface area contributed by atoms with Crippen molar-refractivity contribution in [1.82, 2.24) is 25.2 Å². The second-order valence-electron chi connectivity index (χ2n) is 4.52. The highest BCUT2D eigenvalue weighted by atomic mass is 35.5. The Morgan fingerprint density at radius 2 is 1.84 bits per heavy atom. The summed E-state index contributed by atoms with van der Waals surface area (Å²) in [6, 6.07) is 10.1. The predicted molar refractivity (Wildman–Crippen MR) is 76.8 cm³/mol. The number of rotatable bonds is 3. The van der Waals surface area contributed by atoms with Crippen LogP contribution in [0.1, 0.15) is 5.69 Å². The fraction of sp³-hybridized carbons (Fsp3) is 0.385. The smallest absolute Gasteiger partial charge is 0.0971 e. The van der Waals surface area contributed by atoms with Gasteiger partial charge in [-0.3, -0.25) is 4.90 Å². The van der Waals surface area contributed by atoms with Crippen LogP contribution in [-0.4, -0.2) is 46.1 Å². The average molecular weight is 280 g/mol. The molecule has 0 atom stereocenters. The lowest BCUT2D eigenvalue weighted by molar-refractivity contribution is 0.230. The van der Waals surface area contributed by atoms with Crippen LogP contribution in [0.3, 0.4) is 0 Å². The summed E-state index contributed by atoms with van der Waals surface area (Å²) in [6.07, 6.45) is 2.01. The highest BCUT2D eigenvalue weighted by Crippen LogP contribution is 2.07. The second kappa shape index (κ2) is 6.65. The maximum absolute atomic E-state index is 4.24. The van der Waals surface area contributed by atoms with Crippen molar-refractivity contribution in [1.29, 1.82) is 0 Å². The molecule has 0 amide bonds. The van der Waals surface area contributed by atoms with E-state index in [1.165, 1.54) is 0 Å². The highest BCUT2D eigenvalue weighted by molar-refractivity contribution is 5.85. The Balaban J connectivity index is 0.00000133. The molecular weight excluding hydrogens is 262 g/mol. The van der Waals surface area contributed by atoms with Crippen molar-refractivity contribution >= 4 is 12.4 Å². The van der Waals surface area contributed by atoms with Crippen molar-refractivity contribution in [3.63, 3.8) is 0 Å². The molecule has 6 heteroatoms. The molecule has 2 aromatic rings. The lowest BCUT2D eigenvalue weighted by Crippen LogP contribution is -2.42. The molecule has 1 aliphatic rings. The molecule has 0 aliphatic carbocycles. The van der Waals surface area contributed by atoms with E-state index in [4.69, 9.17) is 0 Å². The molecule has 102 valence electrons. The van der Waals surface area contributed by atoms with E-state index in [1.54, 1.807) is 0 Å². The van der Waals surface area contributed by atoms with Gasteiger partial charge in [-0.2, -0.15) is 0 Å². The maximum Gasteiger partial charge on any atom is 0.0971 e. The van der Waals surface area contributed by atoms with Gasteiger partial charge in [0.2, 0.25) is 0 Å². The Labute approximate surface area is 119 Å². The molecule has 0 unspecified atom stereocenters. The average Bonchev–Trinajstić information content (AvgIpc) is 2.89. The first-order valence-electron chi connectivity index (χ1n) is 6.31. The van der Waals surface area contributed by atoms with Crippen LogP contribution in [0.4, 0.5) is 0 Å². The number of aromatic nitrogens is 3. The molecule has 1 fully saturated rings. The summed E-state index contributed by atoms with van der Waals surface area (Å²) in [5.41, 5.74) is 2.08. The van der Waals surface area contributed by atoms with E-state index >= 15 is 0 Å². The first-order chi connectivity index (χ1) is 8.92. The number of piperazine rings is 1. The molecule has 0 radical (unpaired) electrons. The van der Waals surface area contributed by atoms with E-state index in [0.29, 0.717) is 0 Å². The second-order valence-corrected chi connectivity index (χ2v) is 4.52. The van der Waals surface area contributed by atoms with Gasteiger partial charge in [-0.25, -0.2) is 4.68 Å². The zero-order chi connectivity index (χ0) is 12.2. The van der Waals surface area contributed by atoms with E-state index in [-0.39, 0.29) is 12.4 Å². The summed E-state index contributed by atoms with van der Waals surface area (Å²) in [4.78, 5) is 2.40. The van der Waals surface area contributed by atoms with Crippen LogP contribution in [0.5, 0.6) is 0 Å². The number of para-hydroxylation sites is 1. The Kier molecular flexibility index (Phi) is 4.90. The van der Waals surface area contributed by atoms with Gasteiger partial charge in [0.1, 0.15) is 0 Å². The minimum Gasteiger partial charge on any atom is -0.314 e. The zero-order valence-corrected chi connectivity index (χ0v) is 11.5. The number of nitrogens with zero attached hydrogens (tertiary/aromatic N) is 4. The molecular formula is C13H18ClN5. The number of benzene rings is 1. The quantitative estimate of drug-likeness (QED) is 0.914. The first-order valence-corrected chi connectivity index (χ1v) is 6.31. The normalized spacial score (nSPS) is 16.0. The number of hydrogen-bond acceptors (Lipinski definition) is 4. The monoisotopic (exact) mass is 279 g/mol. The van der Waals surface area contributed by atoms with Crippen molar-refractivity contribution < 1.29 is 0 Å². The van der Waals surface area contributed by atoms with Gasteiger partial charge < -0.3 is 5.32 Å². The van der Waals surface area contributed by atoms with Crippen LogP contribution in [0, 0.1) is 0 Å². The third kappa shape index (κ3) is 3.53. The number of halogens is 1. The van der Waals surface area contributed by atoms with Gasteiger partial charge in [-0.15, -0.1) is 17.5 Å². The molecule has 1 saturated heterocycles. The van der Waals surface area contributed by atoms with Crippen molar-refractivity contribution in [3.8, 4) is 5.69 Å². The SMILES string of the molecule is Cl.c1ccc(-n2cc(CN3CCNCC3)nn2)cc1. The van der Waals surface area contributed by atoms with Gasteiger partial charge in [0.05, 0.1) is 17.6 Å². The predicted octanol–water partition coefficient (Wildman–Crippen LogP) is 1.09. The van der Waals surface area contributed by atoms with Crippen LogP contribution >= 0.6 is 12.4 Å². The minimum atomic E-state index is 0. The summed E-state index contributed by atoms with van der Waals surface area (Å²) in [6.45, 7) is 5.17. The van der Waals surface area contributed by atoms with Crippen LogP contribution in [-0.2, 0) is 6.54 Å². The molecule has 5 nitrogen and oxygen atoms in total. The molecule has 0 spiro atoms. The fourth-order valence-corrected chi connectivity index (χ4v) is 2.18. The van der Waals surface area contributed by atoms with Crippen molar-refractivity contribution in [2.24, 2.45) is 0 Å². The molecule has 19 heavy (non-hydrogen) atoms. The summed E-state index contributed by atoms with van der Waals surface area (Å²) in [5, 5.41) is 11.8. The van der Waals surface area contributed by atoms with Crippen molar-refractivity contribution in [3.05, 3.63) is 42.2 Å². The topological polar surface area (TPSA) is 46.0 Å². The van der Waals surface area contributed by atoms with E-state index in [9.17, 15) is 0 Å². The lowest BCUT2D eigenvalue weighted by Gasteiger charge is -2.25. The molecule has 0 saturated carbocycles. The summed E-state index contributed by atoms with van der Waals surface area (Å²) in [5.74, 6) is 0. The van der Waals surface area contributed by atoms with Crippen molar-refractivity contribution in [2.45, 2.75) is 6.54 Å². The highest BCUT2D eigenvalue weighted by Gasteiger charge is 2.12. The molecule has 1 aromatic carbocycles. The minimum absolute atomic E-state index is 0. The van der Waals surface area contributed by atoms with Crippen LogP contribution in [0.15, 0.2) is 36.5 Å². The van der Waals surface area contributed by atoms with E-state index in [2.05, 4.69) is 20.5 Å². The van der Waals surface area contributed by atoms with Gasteiger partial charge in [-0.1, -0.05) is 23.4 Å². The largest absolute Gasteiger partial charge is 0.314 e. The Hall–Kier alpha value is -1.43. The standard InChI is InChI=1S/C13H17N5.ClH/c1-2-4-13(5-3-1)18-11-12(15-16-18)10-17-8-6-14-7-9-17;/h1-5,11,14H,6-10H2;1H. The molecule has 3 rings (SSSR count). The summed E-state index contributed by atoms with van der Waals surface area (Å²) in [7, 11) is 0. The number of nitrogens with one attached hydrogen (secondary N) is 1. The number of hydrogen-bond donors (Lipinski definition) is 1. The lowest BCUT2D eigenvalue weighted by atomic mass is 10.3. The van der Waals surface area contributed by atoms with Crippen LogP contribution in [0.2, 0.25) is 0 Å². The Morgan fingerprint density at radius 1 is 1.11 bits per heavy atom. The third-order valence-electron chi connectivity index (χ3n) is 3.16. The first kappa shape index (κ1) is 14.0. The summed E-state index contributed by atoms with van der Waals surface area (Å²) < 4.78 is 1.83. The summed E-state index contributed by atoms with van der Waals surface area (Å²) >= 11 is 0. The third-order valence-corrected chi connectivity index (χ3v) is 3.16. The molecule has 1 N–H and O–H groups in total. The van der Waals surface area contributed by atoms with E-state index < -0.39 is 0 Å². The zero-order valence-electron chi connectivity index (χ0n) is 10.7. The van der Waals surface area contributed by atoms with Gasteiger partial charge in [-0.05, 0) is 12.1 Å². The molecule has 1 aromatic heterocycles. The van der Waals surface area contributed by atoms with Gasteiger partial charge in [0, 0.05) is 32.7 Å². The van der Waals surface area contributed by atoms with E-state index in [0.717, 1.165) is 44.1 Å². The van der Waals surface area contributed by atoms with E-state index in [1.807, 2.05) is 41.2 Å². The maximum atomic E-state index is 4.24. The molecule has 1 aliphatic heterocycles. The molecule has 2 heterocycles. The molecule has 0 bridgehead atoms. The van der Waals surface area contributed by atoms with Crippen LogP contribution in [0.25, 0.3) is 5.69 Å². The van der Waals surface area contributed by atoms with Crippen LogP contribution < -0.4 is 5.32 Å². The van der Waals surface area contributed by atoms with Crippen molar-refractivity contribution in [2.75, 3.05) is 26.2 Å². The Morgan fingerprint density at radius 3 is 2.58 bits per heavy atom. The van der Waals surface area contributed by atoms with Gasteiger partial charge >= 0.3 is 0 Å². The fourth-order valence-electron chi connectivity index (χ4n) is 2.18. The Bertz CT molecular complexity index is 493. The van der Waals surface area contributed by atoms with Gasteiger partial charge in [0.15, 0.2) is 0 Å². The van der Waals surface area contributed by atoms with Gasteiger partial charge in [0.25, 0.3) is 0 Å².